The number of rotatable bonds is 8. The normalized spacial score (nSPS) is 24.1. The second-order valence-corrected chi connectivity index (χ2v) is 5.80. The van der Waals surface area contributed by atoms with E-state index < -0.39 is 5.97 Å². The van der Waals surface area contributed by atoms with Gasteiger partial charge in [0.1, 0.15) is 0 Å². The van der Waals surface area contributed by atoms with Gasteiger partial charge in [-0.3, -0.25) is 9.59 Å². The zero-order valence-corrected chi connectivity index (χ0v) is 12.2. The lowest BCUT2D eigenvalue weighted by Crippen LogP contribution is -2.36. The van der Waals surface area contributed by atoms with Gasteiger partial charge in [0.2, 0.25) is 5.91 Å². The molecule has 1 aliphatic rings. The third kappa shape index (κ3) is 5.62. The molecule has 3 atom stereocenters. The van der Waals surface area contributed by atoms with Crippen molar-refractivity contribution in [3.05, 3.63) is 0 Å². The van der Waals surface area contributed by atoms with E-state index >= 15 is 0 Å². The molecule has 19 heavy (non-hydrogen) atoms. The van der Waals surface area contributed by atoms with Gasteiger partial charge < -0.3 is 10.4 Å². The fraction of sp³-hybridized carbons (Fsp3) is 0.867. The summed E-state index contributed by atoms with van der Waals surface area (Å²) in [7, 11) is 0. The average molecular weight is 269 g/mol. The number of carbonyl (C=O) groups excluding carboxylic acids is 1. The smallest absolute Gasteiger partial charge is 0.306 e. The minimum Gasteiger partial charge on any atom is -0.481 e. The van der Waals surface area contributed by atoms with Crippen LogP contribution in [-0.2, 0) is 9.59 Å². The van der Waals surface area contributed by atoms with E-state index in [9.17, 15) is 9.59 Å². The first-order valence-electron chi connectivity index (χ1n) is 7.57. The number of unbranched alkanes of at least 4 members (excludes halogenated alkanes) is 3. The van der Waals surface area contributed by atoms with Gasteiger partial charge in [-0.05, 0) is 32.6 Å². The molecule has 0 saturated heterocycles. The van der Waals surface area contributed by atoms with E-state index in [4.69, 9.17) is 5.11 Å². The first-order chi connectivity index (χ1) is 9.04. The van der Waals surface area contributed by atoms with Crippen molar-refractivity contribution in [2.24, 2.45) is 11.8 Å². The van der Waals surface area contributed by atoms with Crippen LogP contribution in [-0.4, -0.2) is 23.0 Å². The first-order valence-corrected chi connectivity index (χ1v) is 7.57. The largest absolute Gasteiger partial charge is 0.481 e. The standard InChI is InChI=1S/C15H27NO3/c1-3-4-5-6-7-11(2)16-14(17)12-8-9-13(10-12)15(18)19/h11-13H,3-10H2,1-2H3,(H,16,17)(H,18,19)/t11?,12-,13+/m1/s1. The highest BCUT2D eigenvalue weighted by Crippen LogP contribution is 2.31. The van der Waals surface area contributed by atoms with E-state index in [1.807, 2.05) is 6.92 Å². The Morgan fingerprint density at radius 3 is 2.47 bits per heavy atom. The molecule has 0 aromatic carbocycles. The van der Waals surface area contributed by atoms with Gasteiger partial charge in [0, 0.05) is 12.0 Å². The maximum Gasteiger partial charge on any atom is 0.306 e. The predicted octanol–water partition coefficient (Wildman–Crippen LogP) is 2.96. The molecule has 1 saturated carbocycles. The zero-order chi connectivity index (χ0) is 14.3. The average Bonchev–Trinajstić information content (AvgIpc) is 2.84. The summed E-state index contributed by atoms with van der Waals surface area (Å²) in [6.45, 7) is 4.22. The van der Waals surface area contributed by atoms with Crippen molar-refractivity contribution in [2.45, 2.75) is 71.3 Å². The van der Waals surface area contributed by atoms with Crippen LogP contribution in [0.2, 0.25) is 0 Å². The molecule has 4 heteroatoms. The first kappa shape index (κ1) is 16.0. The van der Waals surface area contributed by atoms with Gasteiger partial charge in [0.25, 0.3) is 0 Å². The molecule has 1 unspecified atom stereocenters. The Morgan fingerprint density at radius 1 is 1.21 bits per heavy atom. The Hall–Kier alpha value is -1.06. The number of aliphatic carboxylic acids is 1. The zero-order valence-electron chi connectivity index (χ0n) is 12.2. The van der Waals surface area contributed by atoms with Crippen molar-refractivity contribution in [1.82, 2.24) is 5.32 Å². The summed E-state index contributed by atoms with van der Waals surface area (Å²) in [5.41, 5.74) is 0. The van der Waals surface area contributed by atoms with Crippen molar-refractivity contribution < 1.29 is 14.7 Å². The number of carbonyl (C=O) groups is 2. The second kappa shape index (κ2) is 8.18. The number of hydrogen-bond acceptors (Lipinski definition) is 2. The number of nitrogens with one attached hydrogen (secondary N) is 1. The van der Waals surface area contributed by atoms with Gasteiger partial charge in [-0.2, -0.15) is 0 Å². The van der Waals surface area contributed by atoms with Crippen LogP contribution in [0.5, 0.6) is 0 Å². The molecular weight excluding hydrogens is 242 g/mol. The molecule has 1 rings (SSSR count). The minimum absolute atomic E-state index is 0.0479. The summed E-state index contributed by atoms with van der Waals surface area (Å²) in [5, 5.41) is 12.0. The fourth-order valence-electron chi connectivity index (χ4n) is 2.75. The molecule has 1 aliphatic carbocycles. The number of carboxylic acids is 1. The van der Waals surface area contributed by atoms with Crippen LogP contribution < -0.4 is 5.32 Å². The Labute approximate surface area is 116 Å². The molecule has 110 valence electrons. The van der Waals surface area contributed by atoms with Crippen LogP contribution in [0.15, 0.2) is 0 Å². The number of carboxylic acid groups (broad SMARTS) is 1. The van der Waals surface area contributed by atoms with Crippen LogP contribution in [0.4, 0.5) is 0 Å². The molecule has 1 amide bonds. The topological polar surface area (TPSA) is 66.4 Å². The molecule has 0 spiro atoms. The lowest BCUT2D eigenvalue weighted by atomic mass is 10.0. The number of amides is 1. The van der Waals surface area contributed by atoms with Crippen molar-refractivity contribution in [3.63, 3.8) is 0 Å². The van der Waals surface area contributed by atoms with E-state index in [0.29, 0.717) is 19.3 Å². The van der Waals surface area contributed by atoms with Crippen molar-refractivity contribution in [2.75, 3.05) is 0 Å². The Morgan fingerprint density at radius 2 is 1.89 bits per heavy atom. The quantitative estimate of drug-likeness (QED) is 0.666. The van der Waals surface area contributed by atoms with Crippen LogP contribution in [0.25, 0.3) is 0 Å². The van der Waals surface area contributed by atoms with E-state index in [1.54, 1.807) is 0 Å². The lowest BCUT2D eigenvalue weighted by Gasteiger charge is -2.17. The SMILES string of the molecule is CCCCCCC(C)NC(=O)[C@@H]1CC[C@H](C(=O)O)C1. The molecular formula is C15H27NO3. The van der Waals surface area contributed by atoms with Gasteiger partial charge in [0.15, 0.2) is 0 Å². The van der Waals surface area contributed by atoms with Crippen LogP contribution in [0.1, 0.15) is 65.2 Å². The van der Waals surface area contributed by atoms with Crippen molar-refractivity contribution in [3.8, 4) is 0 Å². The number of hydrogen-bond donors (Lipinski definition) is 2. The predicted molar refractivity (Wildman–Crippen MR) is 74.8 cm³/mol. The molecule has 2 N–H and O–H groups in total. The maximum atomic E-state index is 12.0. The molecule has 1 fully saturated rings. The molecule has 0 heterocycles. The summed E-state index contributed by atoms with van der Waals surface area (Å²) >= 11 is 0. The van der Waals surface area contributed by atoms with Gasteiger partial charge >= 0.3 is 5.97 Å². The summed E-state index contributed by atoms with van der Waals surface area (Å²) in [5.74, 6) is -1.13. The minimum atomic E-state index is -0.761. The molecule has 0 aliphatic heterocycles. The highest BCUT2D eigenvalue weighted by Gasteiger charge is 2.33. The van der Waals surface area contributed by atoms with E-state index in [2.05, 4.69) is 12.2 Å². The molecule has 4 nitrogen and oxygen atoms in total. The van der Waals surface area contributed by atoms with E-state index in [1.165, 1.54) is 19.3 Å². The maximum absolute atomic E-state index is 12.0. The van der Waals surface area contributed by atoms with Crippen LogP contribution in [0.3, 0.4) is 0 Å². The van der Waals surface area contributed by atoms with Crippen LogP contribution in [0, 0.1) is 11.8 Å². The molecule has 0 radical (unpaired) electrons. The Balaban J connectivity index is 2.21. The highest BCUT2D eigenvalue weighted by atomic mass is 16.4. The van der Waals surface area contributed by atoms with Crippen molar-refractivity contribution >= 4 is 11.9 Å². The van der Waals surface area contributed by atoms with E-state index in [0.717, 1.165) is 12.8 Å². The fourth-order valence-corrected chi connectivity index (χ4v) is 2.75. The summed E-state index contributed by atoms with van der Waals surface area (Å²) in [6, 6.07) is 0.202. The lowest BCUT2D eigenvalue weighted by molar-refractivity contribution is -0.141. The third-order valence-electron chi connectivity index (χ3n) is 4.03. The van der Waals surface area contributed by atoms with Gasteiger partial charge in [-0.1, -0.05) is 32.6 Å². The summed E-state index contributed by atoms with van der Waals surface area (Å²) in [4.78, 5) is 22.9. The highest BCUT2D eigenvalue weighted by molar-refractivity contribution is 5.81. The Kier molecular flexibility index (Phi) is 6.89. The molecule has 0 aromatic heterocycles. The van der Waals surface area contributed by atoms with E-state index in [-0.39, 0.29) is 23.8 Å². The van der Waals surface area contributed by atoms with Gasteiger partial charge in [-0.15, -0.1) is 0 Å². The molecule has 0 aromatic rings. The Bertz CT molecular complexity index is 304. The second-order valence-electron chi connectivity index (χ2n) is 5.80. The van der Waals surface area contributed by atoms with Gasteiger partial charge in [-0.25, -0.2) is 0 Å². The summed E-state index contributed by atoms with van der Waals surface area (Å²) < 4.78 is 0. The third-order valence-corrected chi connectivity index (χ3v) is 4.03. The summed E-state index contributed by atoms with van der Waals surface area (Å²) in [6.07, 6.45) is 7.72. The van der Waals surface area contributed by atoms with Gasteiger partial charge in [0.05, 0.1) is 5.92 Å². The monoisotopic (exact) mass is 269 g/mol. The van der Waals surface area contributed by atoms with Crippen molar-refractivity contribution in [1.29, 1.82) is 0 Å². The molecule has 0 bridgehead atoms. The van der Waals surface area contributed by atoms with Crippen LogP contribution >= 0.6 is 0 Å².